The zero-order valence-electron chi connectivity index (χ0n) is 20.2. The van der Waals surface area contributed by atoms with Gasteiger partial charge in [0.15, 0.2) is 15.8 Å². The number of carbonyl (C=O) groups excluding carboxylic acids is 2. The van der Waals surface area contributed by atoms with E-state index in [9.17, 15) is 24.2 Å². The zero-order valence-corrected chi connectivity index (χ0v) is 23.4. The summed E-state index contributed by atoms with van der Waals surface area (Å²) in [7, 11) is 1.38. The lowest BCUT2D eigenvalue weighted by Gasteiger charge is -2.23. The number of phenolic OH excluding ortho intramolecular Hbond substituents is 1. The molecule has 0 saturated carbocycles. The largest absolute Gasteiger partial charge is 0.507 e. The Labute approximate surface area is 238 Å². The van der Waals surface area contributed by atoms with Gasteiger partial charge in [0.1, 0.15) is 11.6 Å². The van der Waals surface area contributed by atoms with Crippen molar-refractivity contribution in [1.82, 2.24) is 10.2 Å². The molecule has 2 N–H and O–H groups in total. The van der Waals surface area contributed by atoms with E-state index in [0.29, 0.717) is 21.2 Å². The number of amides is 1. The van der Waals surface area contributed by atoms with Gasteiger partial charge in [0.2, 0.25) is 5.13 Å². The number of methoxy groups -OCH3 is 1. The molecule has 1 unspecified atom stereocenters. The number of thioether (sulfide) groups is 1. The first kappa shape index (κ1) is 26.9. The second-order valence-electron chi connectivity index (χ2n) is 8.35. The van der Waals surface area contributed by atoms with Gasteiger partial charge in [0, 0.05) is 11.3 Å². The minimum Gasteiger partial charge on any atom is -0.507 e. The van der Waals surface area contributed by atoms with Crippen molar-refractivity contribution >= 4 is 61.6 Å². The highest BCUT2D eigenvalue weighted by molar-refractivity contribution is 9.10. The molecule has 1 amide bonds. The van der Waals surface area contributed by atoms with Crippen LogP contribution in [0.3, 0.4) is 0 Å². The number of hydrogen-bond acceptors (Lipinski definition) is 9. The second kappa shape index (κ2) is 11.2. The Hall–Kier alpha value is -3.74. The number of halogens is 2. The van der Waals surface area contributed by atoms with E-state index >= 15 is 0 Å². The van der Waals surface area contributed by atoms with Crippen LogP contribution in [0.15, 0.2) is 81.1 Å². The fourth-order valence-electron chi connectivity index (χ4n) is 4.09. The van der Waals surface area contributed by atoms with E-state index < -0.39 is 17.7 Å². The standard InChI is InChI=1S/C27H19BrFN3O5S2/c1-37-19-12-16(11-18(28)23(19)34)21-20(22(33)15-5-3-2-4-6-15)24(35)25(36)32(21)26-30-31-27(39-26)38-13-14-7-9-17(29)10-8-14/h2-12,21,33-34H,13H2,1H3/b22-20-. The Kier molecular flexibility index (Phi) is 7.69. The number of nitrogens with zero attached hydrogens (tertiary/aromatic N) is 3. The van der Waals surface area contributed by atoms with Crippen LogP contribution in [0.25, 0.3) is 5.76 Å². The zero-order chi connectivity index (χ0) is 27.7. The highest BCUT2D eigenvalue weighted by atomic mass is 79.9. The van der Waals surface area contributed by atoms with E-state index in [4.69, 9.17) is 4.74 Å². The Morgan fingerprint density at radius 1 is 1.13 bits per heavy atom. The van der Waals surface area contributed by atoms with E-state index in [1.807, 2.05) is 0 Å². The van der Waals surface area contributed by atoms with Crippen molar-refractivity contribution in [2.24, 2.45) is 0 Å². The van der Waals surface area contributed by atoms with Gasteiger partial charge in [-0.3, -0.25) is 14.5 Å². The lowest BCUT2D eigenvalue weighted by atomic mass is 9.95. The molecule has 1 aromatic heterocycles. The molecule has 3 aromatic carbocycles. The number of Topliss-reactive ketones (excluding diaryl/α,β-unsaturated/α-hetero) is 1. The van der Waals surface area contributed by atoms with Crippen LogP contribution in [0.5, 0.6) is 11.5 Å². The van der Waals surface area contributed by atoms with Crippen molar-refractivity contribution in [2.75, 3.05) is 12.0 Å². The predicted octanol–water partition coefficient (Wildman–Crippen LogP) is 6.07. The molecule has 0 bridgehead atoms. The molecule has 2 heterocycles. The Morgan fingerprint density at radius 3 is 2.54 bits per heavy atom. The Balaban J connectivity index is 1.58. The first-order valence-electron chi connectivity index (χ1n) is 11.4. The van der Waals surface area contributed by atoms with E-state index in [1.54, 1.807) is 48.5 Å². The smallest absolute Gasteiger partial charge is 0.301 e. The lowest BCUT2D eigenvalue weighted by molar-refractivity contribution is -0.132. The third-order valence-electron chi connectivity index (χ3n) is 5.96. The van der Waals surface area contributed by atoms with Gasteiger partial charge in [-0.25, -0.2) is 4.39 Å². The molecule has 0 aliphatic carbocycles. The van der Waals surface area contributed by atoms with Crippen molar-refractivity contribution in [3.8, 4) is 11.5 Å². The number of aromatic hydroxyl groups is 1. The first-order valence-corrected chi connectivity index (χ1v) is 14.0. The number of hydrogen-bond donors (Lipinski definition) is 2. The van der Waals surface area contributed by atoms with Crippen molar-refractivity contribution in [3.05, 3.63) is 99.3 Å². The van der Waals surface area contributed by atoms with Crippen LogP contribution < -0.4 is 9.64 Å². The summed E-state index contributed by atoms with van der Waals surface area (Å²) in [5.74, 6) is -2.00. The predicted molar refractivity (Wildman–Crippen MR) is 149 cm³/mol. The summed E-state index contributed by atoms with van der Waals surface area (Å²) in [5.41, 5.74) is 1.49. The maximum atomic E-state index is 13.4. The molecule has 1 atom stereocenters. The molecule has 1 saturated heterocycles. The summed E-state index contributed by atoms with van der Waals surface area (Å²) in [5, 5.41) is 30.1. The highest BCUT2D eigenvalue weighted by Crippen LogP contribution is 2.47. The number of carbonyl (C=O) groups is 2. The number of ether oxygens (including phenoxy) is 1. The van der Waals surface area contributed by atoms with Crippen LogP contribution in [-0.2, 0) is 15.3 Å². The first-order chi connectivity index (χ1) is 18.8. The van der Waals surface area contributed by atoms with Gasteiger partial charge in [0.25, 0.3) is 5.78 Å². The highest BCUT2D eigenvalue weighted by Gasteiger charge is 2.48. The van der Waals surface area contributed by atoms with E-state index in [0.717, 1.165) is 16.9 Å². The fourth-order valence-corrected chi connectivity index (χ4v) is 6.37. The summed E-state index contributed by atoms with van der Waals surface area (Å²) in [4.78, 5) is 27.9. The monoisotopic (exact) mass is 627 g/mol. The maximum Gasteiger partial charge on any atom is 0.301 e. The van der Waals surface area contributed by atoms with Crippen LogP contribution in [0.2, 0.25) is 0 Å². The van der Waals surface area contributed by atoms with Gasteiger partial charge in [-0.2, -0.15) is 0 Å². The number of ketones is 1. The van der Waals surface area contributed by atoms with E-state index in [2.05, 4.69) is 26.1 Å². The molecule has 1 fully saturated rings. The molecule has 5 rings (SSSR count). The number of aliphatic hydroxyl groups excluding tert-OH is 1. The van der Waals surface area contributed by atoms with Crippen LogP contribution in [0.4, 0.5) is 9.52 Å². The number of benzene rings is 3. The third kappa shape index (κ3) is 5.27. The number of phenols is 1. The molecular formula is C27H19BrFN3O5S2. The van der Waals surface area contributed by atoms with Gasteiger partial charge in [-0.15, -0.1) is 10.2 Å². The van der Waals surface area contributed by atoms with Crippen LogP contribution in [0, 0.1) is 5.82 Å². The summed E-state index contributed by atoms with van der Waals surface area (Å²) in [6.45, 7) is 0. The lowest BCUT2D eigenvalue weighted by Crippen LogP contribution is -2.29. The maximum absolute atomic E-state index is 13.4. The van der Waals surface area contributed by atoms with Gasteiger partial charge >= 0.3 is 5.91 Å². The summed E-state index contributed by atoms with van der Waals surface area (Å²) < 4.78 is 19.3. The van der Waals surface area contributed by atoms with Crippen molar-refractivity contribution in [2.45, 2.75) is 16.1 Å². The Morgan fingerprint density at radius 2 is 1.85 bits per heavy atom. The molecular weight excluding hydrogens is 609 g/mol. The van der Waals surface area contributed by atoms with Crippen LogP contribution in [-0.4, -0.2) is 39.2 Å². The topological polar surface area (TPSA) is 113 Å². The summed E-state index contributed by atoms with van der Waals surface area (Å²) >= 11 is 5.75. The molecule has 0 spiro atoms. The van der Waals surface area contributed by atoms with Crippen molar-refractivity contribution < 1.29 is 28.9 Å². The van der Waals surface area contributed by atoms with Gasteiger partial charge in [-0.05, 0) is 51.3 Å². The summed E-state index contributed by atoms with van der Waals surface area (Å²) in [6.07, 6.45) is 0. The molecule has 1 aliphatic heterocycles. The number of anilines is 1. The minimum absolute atomic E-state index is 0.109. The van der Waals surface area contributed by atoms with Gasteiger partial charge < -0.3 is 14.9 Å². The van der Waals surface area contributed by atoms with Crippen LogP contribution >= 0.6 is 39.0 Å². The third-order valence-corrected chi connectivity index (χ3v) is 8.69. The molecule has 0 radical (unpaired) electrons. The van der Waals surface area contributed by atoms with Crippen molar-refractivity contribution in [3.63, 3.8) is 0 Å². The Bertz CT molecular complexity index is 1590. The average molecular weight is 629 g/mol. The van der Waals surface area contributed by atoms with Gasteiger partial charge in [-0.1, -0.05) is 65.6 Å². The second-order valence-corrected chi connectivity index (χ2v) is 11.4. The van der Waals surface area contributed by atoms with Crippen LogP contribution in [0.1, 0.15) is 22.7 Å². The number of aromatic nitrogens is 2. The molecule has 198 valence electrons. The fraction of sp³-hybridized carbons (Fsp3) is 0.111. The molecule has 4 aromatic rings. The number of aliphatic hydroxyl groups is 1. The molecule has 8 nitrogen and oxygen atoms in total. The van der Waals surface area contributed by atoms with Gasteiger partial charge in [0.05, 0.1) is 23.2 Å². The normalized spacial score (nSPS) is 16.6. The van der Waals surface area contributed by atoms with E-state index in [-0.39, 0.29) is 38.3 Å². The summed E-state index contributed by atoms with van der Waals surface area (Å²) in [6, 6.07) is 16.5. The minimum atomic E-state index is -1.08. The molecule has 1 aliphatic rings. The number of rotatable bonds is 7. The quantitative estimate of drug-likeness (QED) is 0.0834. The SMILES string of the molecule is COc1cc(C2/C(=C(/O)c3ccccc3)C(=O)C(=O)N2c2nnc(SCc3ccc(F)cc3)s2)cc(Br)c1O. The molecule has 39 heavy (non-hydrogen) atoms. The molecule has 12 heteroatoms. The average Bonchev–Trinajstić information content (AvgIpc) is 3.52. The van der Waals surface area contributed by atoms with Crippen molar-refractivity contribution in [1.29, 1.82) is 0 Å². The van der Waals surface area contributed by atoms with E-state index in [1.165, 1.54) is 42.0 Å².